The van der Waals surface area contributed by atoms with Crippen molar-refractivity contribution >= 4 is 35.8 Å². The molecule has 0 heterocycles. The lowest BCUT2D eigenvalue weighted by Gasteiger charge is -2.37. The Hall–Kier alpha value is -1.55. The summed E-state index contributed by atoms with van der Waals surface area (Å²) in [6.07, 6.45) is 6.76. The average molecular weight is 532 g/mol. The summed E-state index contributed by atoms with van der Waals surface area (Å²) in [5, 5.41) is 19.0. The monoisotopic (exact) mass is 532 g/mol. The van der Waals surface area contributed by atoms with E-state index in [2.05, 4.69) is 20.9 Å². The highest BCUT2D eigenvalue weighted by molar-refractivity contribution is 14.0. The van der Waals surface area contributed by atoms with Gasteiger partial charge < -0.3 is 25.8 Å². The van der Waals surface area contributed by atoms with Crippen LogP contribution in [0.2, 0.25) is 0 Å². The van der Waals surface area contributed by atoms with Crippen molar-refractivity contribution in [2.24, 2.45) is 10.4 Å². The van der Waals surface area contributed by atoms with E-state index in [0.717, 1.165) is 43.7 Å². The topological polar surface area (TPSA) is 95.0 Å². The first-order valence-electron chi connectivity index (χ1n) is 10.6. The number of nitrogens with one attached hydrogen (secondary N) is 3. The maximum Gasteiger partial charge on any atom is 0.242 e. The second-order valence-corrected chi connectivity index (χ2v) is 7.71. The lowest BCUT2D eigenvalue weighted by atomic mass is 9.72. The van der Waals surface area contributed by atoms with Gasteiger partial charge in [-0.15, -0.1) is 24.0 Å². The van der Waals surface area contributed by atoms with Gasteiger partial charge in [0.05, 0.1) is 7.11 Å². The number of aliphatic hydroxyl groups excluding tert-OH is 1. The molecule has 170 valence electrons. The van der Waals surface area contributed by atoms with Gasteiger partial charge in [0.1, 0.15) is 12.3 Å². The third kappa shape index (κ3) is 9.07. The van der Waals surface area contributed by atoms with Gasteiger partial charge in [0.25, 0.3) is 0 Å². The van der Waals surface area contributed by atoms with Gasteiger partial charge in [-0.1, -0.05) is 31.4 Å². The second-order valence-electron chi connectivity index (χ2n) is 7.71. The summed E-state index contributed by atoms with van der Waals surface area (Å²) in [7, 11) is 1.63. The fourth-order valence-corrected chi connectivity index (χ4v) is 3.82. The Morgan fingerprint density at radius 2 is 1.83 bits per heavy atom. The van der Waals surface area contributed by atoms with Crippen molar-refractivity contribution in [3.05, 3.63) is 29.8 Å². The van der Waals surface area contributed by atoms with Gasteiger partial charge in [-0.05, 0) is 49.3 Å². The SMILES string of the molecule is CCNC(=NCC(=O)NCc1ccc(OC)cc1)NCC1(CCO)CCCCC1.I. The van der Waals surface area contributed by atoms with Gasteiger partial charge in [0.15, 0.2) is 5.96 Å². The Bertz CT molecular complexity index is 641. The van der Waals surface area contributed by atoms with Crippen molar-refractivity contribution in [3.8, 4) is 5.75 Å². The summed E-state index contributed by atoms with van der Waals surface area (Å²) >= 11 is 0. The molecule has 0 saturated heterocycles. The molecule has 4 N–H and O–H groups in total. The minimum Gasteiger partial charge on any atom is -0.497 e. The van der Waals surface area contributed by atoms with Crippen molar-refractivity contribution in [3.63, 3.8) is 0 Å². The van der Waals surface area contributed by atoms with Crippen molar-refractivity contribution in [2.45, 2.75) is 52.0 Å². The first-order valence-corrected chi connectivity index (χ1v) is 10.6. The third-order valence-corrected chi connectivity index (χ3v) is 5.56. The van der Waals surface area contributed by atoms with Crippen LogP contribution in [0.5, 0.6) is 5.75 Å². The van der Waals surface area contributed by atoms with Crippen LogP contribution in [0.25, 0.3) is 0 Å². The Kier molecular flexibility index (Phi) is 12.8. The van der Waals surface area contributed by atoms with Gasteiger partial charge in [-0.2, -0.15) is 0 Å². The van der Waals surface area contributed by atoms with E-state index in [-0.39, 0.29) is 48.5 Å². The molecule has 2 rings (SSSR count). The minimum atomic E-state index is -0.124. The highest BCUT2D eigenvalue weighted by Crippen LogP contribution is 2.38. The molecular weight excluding hydrogens is 495 g/mol. The highest BCUT2D eigenvalue weighted by atomic mass is 127. The number of aliphatic imine (C=N–C) groups is 1. The molecule has 0 aliphatic heterocycles. The quantitative estimate of drug-likeness (QED) is 0.211. The molecule has 1 aliphatic rings. The molecule has 30 heavy (non-hydrogen) atoms. The van der Waals surface area contributed by atoms with Gasteiger partial charge in [-0.3, -0.25) is 4.79 Å². The van der Waals surface area contributed by atoms with E-state index < -0.39 is 0 Å². The molecule has 1 aromatic rings. The van der Waals surface area contributed by atoms with Crippen LogP contribution < -0.4 is 20.7 Å². The van der Waals surface area contributed by atoms with E-state index in [4.69, 9.17) is 4.74 Å². The number of methoxy groups -OCH3 is 1. The van der Waals surface area contributed by atoms with E-state index in [1.165, 1.54) is 19.3 Å². The molecule has 0 unspecified atom stereocenters. The standard InChI is InChI=1S/C22H36N4O3.HI/c1-3-23-21(26-17-22(13-14-27)11-5-4-6-12-22)25-16-20(28)24-15-18-7-9-19(29-2)10-8-18;/h7-10,27H,3-6,11-17H2,1-2H3,(H,24,28)(H2,23,25,26);1H. The van der Waals surface area contributed by atoms with Crippen molar-refractivity contribution < 1.29 is 14.6 Å². The van der Waals surface area contributed by atoms with Gasteiger partial charge in [0.2, 0.25) is 5.91 Å². The average Bonchev–Trinajstić information content (AvgIpc) is 2.75. The van der Waals surface area contributed by atoms with E-state index >= 15 is 0 Å². The van der Waals surface area contributed by atoms with E-state index in [0.29, 0.717) is 12.5 Å². The van der Waals surface area contributed by atoms with Crippen LogP contribution >= 0.6 is 24.0 Å². The summed E-state index contributed by atoms with van der Waals surface area (Å²) in [4.78, 5) is 16.6. The predicted octanol–water partition coefficient (Wildman–Crippen LogP) is 2.82. The molecule has 1 saturated carbocycles. The molecule has 0 radical (unpaired) electrons. The number of rotatable bonds is 10. The second kappa shape index (κ2) is 14.5. The van der Waals surface area contributed by atoms with Gasteiger partial charge >= 0.3 is 0 Å². The molecule has 0 aromatic heterocycles. The van der Waals surface area contributed by atoms with Crippen molar-refractivity contribution in [1.29, 1.82) is 0 Å². The molecule has 1 amide bonds. The molecule has 0 bridgehead atoms. The Morgan fingerprint density at radius 1 is 1.13 bits per heavy atom. The molecular formula is C22H37IN4O3. The number of nitrogens with zero attached hydrogens (tertiary/aromatic N) is 1. The predicted molar refractivity (Wildman–Crippen MR) is 131 cm³/mol. The summed E-state index contributed by atoms with van der Waals surface area (Å²) in [6.45, 7) is 4.24. The zero-order valence-corrected chi connectivity index (χ0v) is 20.5. The third-order valence-electron chi connectivity index (χ3n) is 5.56. The smallest absolute Gasteiger partial charge is 0.242 e. The van der Waals surface area contributed by atoms with Crippen molar-refractivity contribution in [2.75, 3.05) is 33.4 Å². The molecule has 1 fully saturated rings. The number of benzene rings is 1. The number of aliphatic hydroxyl groups is 1. The largest absolute Gasteiger partial charge is 0.497 e. The van der Waals surface area contributed by atoms with Crippen LogP contribution in [0.1, 0.15) is 51.0 Å². The number of ether oxygens (including phenoxy) is 1. The van der Waals surface area contributed by atoms with Crippen LogP contribution in [0.4, 0.5) is 0 Å². The van der Waals surface area contributed by atoms with E-state index in [9.17, 15) is 9.90 Å². The lowest BCUT2D eigenvalue weighted by Crippen LogP contribution is -2.45. The molecule has 0 spiro atoms. The van der Waals surface area contributed by atoms with Gasteiger partial charge in [0, 0.05) is 26.2 Å². The molecule has 8 heteroatoms. The number of halogens is 1. The Balaban J connectivity index is 0.00000450. The van der Waals surface area contributed by atoms with Crippen LogP contribution in [0, 0.1) is 5.41 Å². The number of hydrogen-bond acceptors (Lipinski definition) is 4. The number of carbonyl (C=O) groups excluding carboxylic acids is 1. The highest BCUT2D eigenvalue weighted by Gasteiger charge is 2.31. The number of guanidine groups is 1. The Morgan fingerprint density at radius 3 is 2.43 bits per heavy atom. The van der Waals surface area contributed by atoms with Crippen molar-refractivity contribution in [1.82, 2.24) is 16.0 Å². The number of amides is 1. The zero-order chi connectivity index (χ0) is 21.0. The summed E-state index contributed by atoms with van der Waals surface area (Å²) < 4.78 is 5.14. The summed E-state index contributed by atoms with van der Waals surface area (Å²) in [5.41, 5.74) is 1.14. The van der Waals surface area contributed by atoms with E-state index in [1.54, 1.807) is 7.11 Å². The van der Waals surface area contributed by atoms with Crippen LogP contribution in [-0.2, 0) is 11.3 Å². The fraction of sp³-hybridized carbons (Fsp3) is 0.636. The summed E-state index contributed by atoms with van der Waals surface area (Å²) in [6, 6.07) is 7.61. The first-order chi connectivity index (χ1) is 14.1. The van der Waals surface area contributed by atoms with Gasteiger partial charge in [-0.25, -0.2) is 4.99 Å². The van der Waals surface area contributed by atoms with Crippen LogP contribution in [-0.4, -0.2) is 50.3 Å². The zero-order valence-electron chi connectivity index (χ0n) is 18.2. The maximum absolute atomic E-state index is 12.2. The molecule has 7 nitrogen and oxygen atoms in total. The lowest BCUT2D eigenvalue weighted by molar-refractivity contribution is -0.119. The summed E-state index contributed by atoms with van der Waals surface area (Å²) in [5.74, 6) is 1.32. The molecule has 0 atom stereocenters. The minimum absolute atomic E-state index is 0. The van der Waals surface area contributed by atoms with E-state index in [1.807, 2.05) is 31.2 Å². The Labute approximate surface area is 197 Å². The normalized spacial score (nSPS) is 15.6. The first kappa shape index (κ1) is 26.5. The fourth-order valence-electron chi connectivity index (χ4n) is 3.82. The molecule has 1 aromatic carbocycles. The maximum atomic E-state index is 12.2. The molecule has 1 aliphatic carbocycles. The number of hydrogen-bond donors (Lipinski definition) is 4. The van der Waals surface area contributed by atoms with Crippen LogP contribution in [0.3, 0.4) is 0 Å². The van der Waals surface area contributed by atoms with Crippen LogP contribution in [0.15, 0.2) is 29.3 Å². The number of carbonyl (C=O) groups is 1.